The molecule has 6 heteroatoms. The van der Waals surface area contributed by atoms with E-state index in [0.717, 1.165) is 17.3 Å². The van der Waals surface area contributed by atoms with Crippen LogP contribution >= 0.6 is 0 Å². The number of fused-ring (bicyclic) bond motifs is 1. The highest BCUT2D eigenvalue weighted by atomic mass is 19.4. The Morgan fingerprint density at radius 1 is 1.00 bits per heavy atom. The Hall–Kier alpha value is -3.12. The first-order valence-corrected chi connectivity index (χ1v) is 9.24. The number of aromatic nitrogens is 2. The predicted octanol–water partition coefficient (Wildman–Crippen LogP) is 5.63. The van der Waals surface area contributed by atoms with Crippen LogP contribution in [0.3, 0.4) is 0 Å². The first-order valence-electron chi connectivity index (χ1n) is 9.24. The van der Waals surface area contributed by atoms with Crippen LogP contribution in [0.4, 0.5) is 13.2 Å². The number of aliphatic hydroxyl groups is 1. The minimum Gasteiger partial charge on any atom is -0.393 e. The molecule has 0 radical (unpaired) electrons. The van der Waals surface area contributed by atoms with Gasteiger partial charge in [-0.15, -0.1) is 0 Å². The molecule has 0 spiro atoms. The molecule has 1 heterocycles. The molecule has 0 fully saturated rings. The quantitative estimate of drug-likeness (QED) is 0.485. The zero-order valence-corrected chi connectivity index (χ0v) is 15.7. The molecule has 0 amide bonds. The van der Waals surface area contributed by atoms with Crippen molar-refractivity contribution in [3.05, 3.63) is 84.2 Å². The number of halogens is 3. The lowest BCUT2D eigenvalue weighted by Gasteiger charge is -2.14. The van der Waals surface area contributed by atoms with Crippen LogP contribution < -0.4 is 0 Å². The summed E-state index contributed by atoms with van der Waals surface area (Å²) in [5, 5.41) is 9.69. The van der Waals surface area contributed by atoms with Gasteiger partial charge in [0.1, 0.15) is 6.33 Å². The second-order valence-corrected chi connectivity index (χ2v) is 7.09. The van der Waals surface area contributed by atoms with Gasteiger partial charge in [0, 0.05) is 11.3 Å². The molecule has 1 aromatic heterocycles. The van der Waals surface area contributed by atoms with Gasteiger partial charge in [-0.3, -0.25) is 4.57 Å². The molecule has 4 aromatic rings. The van der Waals surface area contributed by atoms with E-state index >= 15 is 0 Å². The van der Waals surface area contributed by atoms with Crippen molar-refractivity contribution in [3.8, 4) is 16.8 Å². The third kappa shape index (κ3) is 3.89. The summed E-state index contributed by atoms with van der Waals surface area (Å²) >= 11 is 0. The van der Waals surface area contributed by atoms with Gasteiger partial charge in [0.2, 0.25) is 0 Å². The van der Waals surface area contributed by atoms with E-state index in [0.29, 0.717) is 23.1 Å². The van der Waals surface area contributed by atoms with Crippen molar-refractivity contribution in [2.45, 2.75) is 25.6 Å². The Labute approximate surface area is 166 Å². The third-order valence-corrected chi connectivity index (χ3v) is 4.77. The number of imidazole rings is 1. The van der Waals surface area contributed by atoms with E-state index in [1.165, 1.54) is 6.07 Å². The predicted molar refractivity (Wildman–Crippen MR) is 107 cm³/mol. The van der Waals surface area contributed by atoms with Crippen molar-refractivity contribution in [1.82, 2.24) is 9.55 Å². The zero-order chi connectivity index (χ0) is 20.6. The van der Waals surface area contributed by atoms with Gasteiger partial charge in [-0.1, -0.05) is 42.5 Å². The van der Waals surface area contributed by atoms with Crippen molar-refractivity contribution in [2.75, 3.05) is 0 Å². The van der Waals surface area contributed by atoms with E-state index in [-0.39, 0.29) is 5.52 Å². The van der Waals surface area contributed by atoms with Gasteiger partial charge < -0.3 is 5.11 Å². The van der Waals surface area contributed by atoms with Crippen LogP contribution in [0.2, 0.25) is 0 Å². The number of benzene rings is 3. The Kier molecular flexibility index (Phi) is 4.88. The number of hydrogen-bond donors (Lipinski definition) is 1. The van der Waals surface area contributed by atoms with Crippen LogP contribution in [0.1, 0.15) is 18.1 Å². The Balaban J connectivity index is 1.99. The summed E-state index contributed by atoms with van der Waals surface area (Å²) in [5.74, 6) is 0. The van der Waals surface area contributed by atoms with Gasteiger partial charge in [-0.25, -0.2) is 4.98 Å². The van der Waals surface area contributed by atoms with Gasteiger partial charge in [0.15, 0.2) is 0 Å². The SMILES string of the molecule is CC(O)Cc1cccc(-c2cc(C(F)(F)F)cc3ncn(-c4ccccc4)c23)c1. The molecule has 4 rings (SSSR count). The normalized spacial score (nSPS) is 13.0. The molecule has 1 N–H and O–H groups in total. The minimum absolute atomic E-state index is 0.277. The second-order valence-electron chi connectivity index (χ2n) is 7.09. The van der Waals surface area contributed by atoms with Crippen molar-refractivity contribution in [2.24, 2.45) is 0 Å². The van der Waals surface area contributed by atoms with Crippen LogP contribution in [0, 0.1) is 0 Å². The molecular formula is C23H19F3N2O. The van der Waals surface area contributed by atoms with Crippen molar-refractivity contribution in [3.63, 3.8) is 0 Å². The minimum atomic E-state index is -4.48. The maximum Gasteiger partial charge on any atom is 0.416 e. The Morgan fingerprint density at radius 3 is 2.45 bits per heavy atom. The first-order chi connectivity index (χ1) is 13.8. The number of nitrogens with zero attached hydrogens (tertiary/aromatic N) is 2. The summed E-state index contributed by atoms with van der Waals surface area (Å²) in [7, 11) is 0. The summed E-state index contributed by atoms with van der Waals surface area (Å²) in [5.41, 5.74) is 2.92. The Bertz CT molecular complexity index is 1150. The first kappa shape index (κ1) is 19.2. The number of rotatable bonds is 4. The monoisotopic (exact) mass is 396 g/mol. The molecule has 1 unspecified atom stereocenters. The highest BCUT2D eigenvalue weighted by Crippen LogP contribution is 2.38. The summed E-state index contributed by atoms with van der Waals surface area (Å²) in [6, 6.07) is 18.9. The average molecular weight is 396 g/mol. The fourth-order valence-corrected chi connectivity index (χ4v) is 3.52. The highest BCUT2D eigenvalue weighted by molar-refractivity contribution is 5.94. The molecule has 0 aliphatic rings. The fraction of sp³-hybridized carbons (Fsp3) is 0.174. The molecule has 0 saturated heterocycles. The molecule has 3 nitrogen and oxygen atoms in total. The number of para-hydroxylation sites is 1. The van der Waals surface area contributed by atoms with Crippen LogP contribution in [-0.4, -0.2) is 20.8 Å². The lowest BCUT2D eigenvalue weighted by Crippen LogP contribution is -2.06. The molecular weight excluding hydrogens is 377 g/mol. The average Bonchev–Trinajstić information content (AvgIpc) is 3.11. The van der Waals surface area contributed by atoms with Crippen molar-refractivity contribution in [1.29, 1.82) is 0 Å². The fourth-order valence-electron chi connectivity index (χ4n) is 3.52. The maximum absolute atomic E-state index is 13.5. The number of alkyl halides is 3. The smallest absolute Gasteiger partial charge is 0.393 e. The molecule has 29 heavy (non-hydrogen) atoms. The lowest BCUT2D eigenvalue weighted by molar-refractivity contribution is -0.137. The van der Waals surface area contributed by atoms with E-state index in [1.807, 2.05) is 42.5 Å². The van der Waals surface area contributed by atoms with Crippen LogP contribution in [0.25, 0.3) is 27.8 Å². The van der Waals surface area contributed by atoms with Crippen LogP contribution in [-0.2, 0) is 12.6 Å². The second kappa shape index (κ2) is 7.37. The maximum atomic E-state index is 13.5. The largest absolute Gasteiger partial charge is 0.416 e. The molecule has 0 bridgehead atoms. The van der Waals surface area contributed by atoms with Gasteiger partial charge in [-0.2, -0.15) is 13.2 Å². The van der Waals surface area contributed by atoms with Gasteiger partial charge in [0.05, 0.1) is 22.7 Å². The summed E-state index contributed by atoms with van der Waals surface area (Å²) < 4.78 is 42.4. The molecule has 1 atom stereocenters. The highest BCUT2D eigenvalue weighted by Gasteiger charge is 2.32. The van der Waals surface area contributed by atoms with Gasteiger partial charge in [-0.05, 0) is 48.7 Å². The topological polar surface area (TPSA) is 38.1 Å². The summed E-state index contributed by atoms with van der Waals surface area (Å²) in [6.45, 7) is 1.68. The molecule has 0 saturated carbocycles. The lowest BCUT2D eigenvalue weighted by atomic mass is 9.97. The summed E-state index contributed by atoms with van der Waals surface area (Å²) in [4.78, 5) is 4.25. The standard InChI is InChI=1S/C23H19F3N2O/c1-15(29)10-16-6-5-7-17(11-16)20-12-18(23(24,25)26)13-21-22(20)28(14-27-21)19-8-3-2-4-9-19/h2-9,11-15,29H,10H2,1H3. The zero-order valence-electron chi connectivity index (χ0n) is 15.7. The van der Waals surface area contributed by atoms with E-state index in [9.17, 15) is 18.3 Å². The number of hydrogen-bond acceptors (Lipinski definition) is 2. The van der Waals surface area contributed by atoms with E-state index in [1.54, 1.807) is 30.0 Å². The Morgan fingerprint density at radius 2 is 1.76 bits per heavy atom. The van der Waals surface area contributed by atoms with Crippen molar-refractivity contribution >= 4 is 11.0 Å². The number of aliphatic hydroxyl groups excluding tert-OH is 1. The van der Waals surface area contributed by atoms with Crippen LogP contribution in [0.5, 0.6) is 0 Å². The van der Waals surface area contributed by atoms with E-state index in [4.69, 9.17) is 0 Å². The third-order valence-electron chi connectivity index (χ3n) is 4.77. The molecule has 148 valence electrons. The van der Waals surface area contributed by atoms with E-state index in [2.05, 4.69) is 4.98 Å². The van der Waals surface area contributed by atoms with Crippen molar-refractivity contribution < 1.29 is 18.3 Å². The molecule has 0 aliphatic heterocycles. The van der Waals surface area contributed by atoms with Gasteiger partial charge >= 0.3 is 6.18 Å². The summed E-state index contributed by atoms with van der Waals surface area (Å²) in [6.07, 6.45) is -3.05. The molecule has 3 aromatic carbocycles. The molecule has 0 aliphatic carbocycles. The van der Waals surface area contributed by atoms with E-state index < -0.39 is 17.8 Å². The van der Waals surface area contributed by atoms with Gasteiger partial charge in [0.25, 0.3) is 0 Å². The van der Waals surface area contributed by atoms with Crippen LogP contribution in [0.15, 0.2) is 73.1 Å².